The average Bonchev–Trinajstić information content (AvgIpc) is 2.38. The van der Waals surface area contributed by atoms with Gasteiger partial charge in [0.25, 0.3) is 0 Å². The highest BCUT2D eigenvalue weighted by Gasteiger charge is 2.21. The van der Waals surface area contributed by atoms with Crippen LogP contribution in [0.15, 0.2) is 24.3 Å². The molecule has 0 radical (unpaired) electrons. The van der Waals surface area contributed by atoms with Crippen molar-refractivity contribution in [1.82, 2.24) is 5.32 Å². The maximum atomic E-state index is 9.88. The second-order valence-corrected chi connectivity index (χ2v) is 4.31. The van der Waals surface area contributed by atoms with Crippen LogP contribution >= 0.6 is 0 Å². The highest BCUT2D eigenvalue weighted by Crippen LogP contribution is 2.26. The second kappa shape index (κ2) is 7.36. The van der Waals surface area contributed by atoms with Crippen molar-refractivity contribution in [1.29, 1.82) is 0 Å². The van der Waals surface area contributed by atoms with Crippen LogP contribution < -0.4 is 5.32 Å². The lowest BCUT2D eigenvalue weighted by molar-refractivity contribution is -0.121. The van der Waals surface area contributed by atoms with Gasteiger partial charge < -0.3 is 19.9 Å². The van der Waals surface area contributed by atoms with Gasteiger partial charge in [-0.2, -0.15) is 0 Å². The van der Waals surface area contributed by atoms with Crippen molar-refractivity contribution in [2.24, 2.45) is 0 Å². The van der Waals surface area contributed by atoms with E-state index in [0.717, 1.165) is 12.0 Å². The fraction of sp³-hybridized carbons (Fsp3) is 0.571. The molecular weight excluding hydrogens is 230 g/mol. The molecule has 1 aromatic rings. The molecule has 0 fully saturated rings. The quantitative estimate of drug-likeness (QED) is 0.733. The predicted octanol–water partition coefficient (Wildman–Crippen LogP) is 2.44. The number of ether oxygens (including phenoxy) is 2. The van der Waals surface area contributed by atoms with E-state index in [1.165, 1.54) is 0 Å². The van der Waals surface area contributed by atoms with E-state index in [1.807, 2.05) is 25.1 Å². The van der Waals surface area contributed by atoms with Crippen LogP contribution in [0.5, 0.6) is 5.75 Å². The highest BCUT2D eigenvalue weighted by atomic mass is 16.7. The van der Waals surface area contributed by atoms with Crippen LogP contribution in [-0.2, 0) is 9.47 Å². The monoisotopic (exact) mass is 253 g/mol. The van der Waals surface area contributed by atoms with E-state index in [0.29, 0.717) is 5.75 Å². The number of para-hydroxylation sites is 1. The van der Waals surface area contributed by atoms with Crippen molar-refractivity contribution < 1.29 is 14.6 Å². The van der Waals surface area contributed by atoms with Crippen molar-refractivity contribution in [2.75, 3.05) is 14.2 Å². The van der Waals surface area contributed by atoms with Gasteiger partial charge in [0, 0.05) is 25.8 Å². The number of phenols is 1. The standard InChI is InChI=1S/C14H23NO3/c1-5-12(11-8-6-7-9-13(11)16)15-10(2)14(17-3)18-4/h6-10,12,14-16H,5H2,1-4H3. The van der Waals surface area contributed by atoms with E-state index in [4.69, 9.17) is 9.47 Å². The molecule has 1 aromatic carbocycles. The van der Waals surface area contributed by atoms with Crippen LogP contribution in [0.2, 0.25) is 0 Å². The molecule has 0 heterocycles. The van der Waals surface area contributed by atoms with E-state index < -0.39 is 0 Å². The molecule has 4 nitrogen and oxygen atoms in total. The zero-order valence-electron chi connectivity index (χ0n) is 11.5. The first-order valence-corrected chi connectivity index (χ1v) is 6.23. The van der Waals surface area contributed by atoms with Crippen LogP contribution in [0.3, 0.4) is 0 Å². The Morgan fingerprint density at radius 2 is 1.83 bits per heavy atom. The topological polar surface area (TPSA) is 50.7 Å². The lowest BCUT2D eigenvalue weighted by Crippen LogP contribution is -2.41. The molecule has 4 heteroatoms. The Balaban J connectivity index is 2.76. The van der Waals surface area contributed by atoms with Crippen molar-refractivity contribution in [3.05, 3.63) is 29.8 Å². The average molecular weight is 253 g/mol. The summed E-state index contributed by atoms with van der Waals surface area (Å²) in [5.74, 6) is 0.315. The molecular formula is C14H23NO3. The lowest BCUT2D eigenvalue weighted by Gasteiger charge is -2.27. The third-order valence-corrected chi connectivity index (χ3v) is 3.06. The minimum Gasteiger partial charge on any atom is -0.508 e. The third-order valence-electron chi connectivity index (χ3n) is 3.06. The molecule has 0 aromatic heterocycles. The fourth-order valence-corrected chi connectivity index (χ4v) is 2.11. The van der Waals surface area contributed by atoms with Gasteiger partial charge in [0.05, 0.1) is 6.04 Å². The molecule has 0 saturated heterocycles. The van der Waals surface area contributed by atoms with Crippen molar-refractivity contribution in [3.63, 3.8) is 0 Å². The van der Waals surface area contributed by atoms with Crippen molar-refractivity contribution >= 4 is 0 Å². The molecule has 2 atom stereocenters. The van der Waals surface area contributed by atoms with Gasteiger partial charge in [-0.3, -0.25) is 0 Å². The summed E-state index contributed by atoms with van der Waals surface area (Å²) in [6.45, 7) is 4.08. The molecule has 0 aliphatic heterocycles. The van der Waals surface area contributed by atoms with E-state index in [2.05, 4.69) is 12.2 Å². The highest BCUT2D eigenvalue weighted by molar-refractivity contribution is 5.34. The smallest absolute Gasteiger partial charge is 0.171 e. The molecule has 0 saturated carbocycles. The van der Waals surface area contributed by atoms with Gasteiger partial charge in [0.15, 0.2) is 6.29 Å². The van der Waals surface area contributed by atoms with Crippen LogP contribution in [-0.4, -0.2) is 31.7 Å². The minimum absolute atomic E-state index is 0.0320. The van der Waals surface area contributed by atoms with Gasteiger partial charge in [0.1, 0.15) is 5.75 Å². The number of hydrogen-bond acceptors (Lipinski definition) is 4. The zero-order chi connectivity index (χ0) is 13.5. The van der Waals surface area contributed by atoms with E-state index in [1.54, 1.807) is 20.3 Å². The Morgan fingerprint density at radius 1 is 1.22 bits per heavy atom. The second-order valence-electron chi connectivity index (χ2n) is 4.31. The maximum Gasteiger partial charge on any atom is 0.171 e. The molecule has 1 rings (SSSR count). The summed E-state index contributed by atoms with van der Waals surface area (Å²) in [6.07, 6.45) is 0.576. The molecule has 102 valence electrons. The number of phenolic OH excluding ortho intramolecular Hbond substituents is 1. The van der Waals surface area contributed by atoms with Gasteiger partial charge in [-0.15, -0.1) is 0 Å². The summed E-state index contributed by atoms with van der Waals surface area (Å²) >= 11 is 0. The van der Waals surface area contributed by atoms with E-state index in [-0.39, 0.29) is 18.4 Å². The Kier molecular flexibility index (Phi) is 6.12. The van der Waals surface area contributed by atoms with Gasteiger partial charge in [-0.1, -0.05) is 25.1 Å². The van der Waals surface area contributed by atoms with Crippen LogP contribution in [0.25, 0.3) is 0 Å². The van der Waals surface area contributed by atoms with Crippen molar-refractivity contribution in [3.8, 4) is 5.75 Å². The van der Waals surface area contributed by atoms with Crippen LogP contribution in [0.4, 0.5) is 0 Å². The summed E-state index contributed by atoms with van der Waals surface area (Å²) in [5, 5.41) is 13.3. The van der Waals surface area contributed by atoms with Crippen LogP contribution in [0, 0.1) is 0 Å². The minimum atomic E-state index is -0.301. The van der Waals surface area contributed by atoms with E-state index in [9.17, 15) is 5.11 Å². The molecule has 0 amide bonds. The summed E-state index contributed by atoms with van der Waals surface area (Å²) in [5.41, 5.74) is 0.901. The number of methoxy groups -OCH3 is 2. The van der Waals surface area contributed by atoms with Crippen molar-refractivity contribution in [2.45, 2.75) is 38.6 Å². The maximum absolute atomic E-state index is 9.88. The zero-order valence-corrected chi connectivity index (χ0v) is 11.5. The normalized spacial score (nSPS) is 14.7. The molecule has 0 aliphatic carbocycles. The van der Waals surface area contributed by atoms with Gasteiger partial charge >= 0.3 is 0 Å². The lowest BCUT2D eigenvalue weighted by atomic mass is 10.0. The van der Waals surface area contributed by atoms with Gasteiger partial charge in [-0.05, 0) is 19.4 Å². The molecule has 2 N–H and O–H groups in total. The number of hydrogen-bond donors (Lipinski definition) is 2. The van der Waals surface area contributed by atoms with Gasteiger partial charge in [-0.25, -0.2) is 0 Å². The fourth-order valence-electron chi connectivity index (χ4n) is 2.11. The Hall–Kier alpha value is -1.10. The molecule has 0 bridgehead atoms. The molecule has 0 spiro atoms. The Bertz CT molecular complexity index is 353. The number of rotatable bonds is 7. The SMILES string of the molecule is CCC(NC(C)C(OC)OC)c1ccccc1O. The number of benzene rings is 1. The van der Waals surface area contributed by atoms with Crippen LogP contribution in [0.1, 0.15) is 31.9 Å². The first-order valence-electron chi connectivity index (χ1n) is 6.23. The Labute approximate surface area is 109 Å². The van der Waals surface area contributed by atoms with Gasteiger partial charge in [0.2, 0.25) is 0 Å². The number of nitrogens with one attached hydrogen (secondary N) is 1. The summed E-state index contributed by atoms with van der Waals surface area (Å²) in [6, 6.07) is 7.49. The number of aromatic hydroxyl groups is 1. The first kappa shape index (κ1) is 15.0. The van der Waals surface area contributed by atoms with E-state index >= 15 is 0 Å². The molecule has 18 heavy (non-hydrogen) atoms. The Morgan fingerprint density at radius 3 is 2.33 bits per heavy atom. The summed E-state index contributed by atoms with van der Waals surface area (Å²) < 4.78 is 10.5. The third kappa shape index (κ3) is 3.70. The summed E-state index contributed by atoms with van der Waals surface area (Å²) in [7, 11) is 3.24. The largest absolute Gasteiger partial charge is 0.508 e. The first-order chi connectivity index (χ1) is 8.63. The predicted molar refractivity (Wildman–Crippen MR) is 71.5 cm³/mol. The molecule has 0 aliphatic rings. The summed E-state index contributed by atoms with van der Waals surface area (Å²) in [4.78, 5) is 0. The molecule has 2 unspecified atom stereocenters.